The van der Waals surface area contributed by atoms with E-state index in [0.29, 0.717) is 12.0 Å². The van der Waals surface area contributed by atoms with E-state index in [1.165, 1.54) is 12.8 Å². The number of rotatable bonds is 1. The maximum absolute atomic E-state index is 5.56. The molecule has 3 heteroatoms. The smallest absolute Gasteiger partial charge is 0.169 e. The zero-order valence-electron chi connectivity index (χ0n) is 7.72. The van der Waals surface area contributed by atoms with Gasteiger partial charge in [-0.2, -0.15) is 0 Å². The van der Waals surface area contributed by atoms with Gasteiger partial charge < -0.3 is 9.73 Å². The summed E-state index contributed by atoms with van der Waals surface area (Å²) < 4.78 is 6.40. The van der Waals surface area contributed by atoms with Crippen LogP contribution in [0.15, 0.2) is 21.2 Å². The number of hydrogen-bond acceptors (Lipinski definition) is 2. The van der Waals surface area contributed by atoms with Crippen molar-refractivity contribution in [1.29, 1.82) is 0 Å². The van der Waals surface area contributed by atoms with Crippen LogP contribution in [0.3, 0.4) is 0 Å². The van der Waals surface area contributed by atoms with Gasteiger partial charge in [-0.3, -0.25) is 0 Å². The van der Waals surface area contributed by atoms with Crippen LogP contribution >= 0.6 is 15.9 Å². The fourth-order valence-corrected chi connectivity index (χ4v) is 2.26. The summed E-state index contributed by atoms with van der Waals surface area (Å²) in [7, 11) is 0. The molecule has 0 radical (unpaired) electrons. The zero-order valence-corrected chi connectivity index (χ0v) is 9.30. The summed E-state index contributed by atoms with van der Waals surface area (Å²) >= 11 is 3.33. The number of furan rings is 1. The monoisotopic (exact) mass is 243 g/mol. The zero-order chi connectivity index (χ0) is 9.26. The van der Waals surface area contributed by atoms with Crippen molar-refractivity contribution in [3.63, 3.8) is 0 Å². The highest BCUT2D eigenvalue weighted by Crippen LogP contribution is 2.30. The van der Waals surface area contributed by atoms with E-state index in [1.54, 1.807) is 0 Å². The summed E-state index contributed by atoms with van der Waals surface area (Å²) in [5, 5.41) is 3.44. The van der Waals surface area contributed by atoms with Crippen LogP contribution in [-0.4, -0.2) is 12.6 Å². The minimum absolute atomic E-state index is 0.600. The van der Waals surface area contributed by atoms with Gasteiger partial charge in [0.25, 0.3) is 0 Å². The largest absolute Gasteiger partial charge is 0.454 e. The van der Waals surface area contributed by atoms with Crippen molar-refractivity contribution >= 4 is 15.9 Å². The van der Waals surface area contributed by atoms with Crippen molar-refractivity contribution in [2.24, 2.45) is 0 Å². The highest BCUT2D eigenvalue weighted by Gasteiger charge is 2.22. The molecule has 0 aromatic carbocycles. The van der Waals surface area contributed by atoms with Crippen molar-refractivity contribution in [2.45, 2.75) is 31.7 Å². The van der Waals surface area contributed by atoms with Gasteiger partial charge in [0, 0.05) is 12.0 Å². The third-order valence-electron chi connectivity index (χ3n) is 2.62. The molecule has 2 unspecified atom stereocenters. The Morgan fingerprint density at radius 3 is 3.00 bits per heavy atom. The Balaban J connectivity index is 2.08. The van der Waals surface area contributed by atoms with E-state index in [0.717, 1.165) is 17.0 Å². The first-order valence-corrected chi connectivity index (χ1v) is 5.53. The Hall–Kier alpha value is -0.280. The molecular formula is C10H14BrNO. The first-order chi connectivity index (χ1) is 6.25. The van der Waals surface area contributed by atoms with Crippen molar-refractivity contribution in [3.05, 3.63) is 22.6 Å². The van der Waals surface area contributed by atoms with Crippen LogP contribution in [0.2, 0.25) is 0 Å². The highest BCUT2D eigenvalue weighted by atomic mass is 79.9. The van der Waals surface area contributed by atoms with Crippen LogP contribution < -0.4 is 5.32 Å². The van der Waals surface area contributed by atoms with Crippen molar-refractivity contribution in [3.8, 4) is 0 Å². The Kier molecular flexibility index (Phi) is 2.74. The molecule has 2 nitrogen and oxygen atoms in total. The van der Waals surface area contributed by atoms with Crippen LogP contribution in [0.5, 0.6) is 0 Å². The summed E-state index contributed by atoms with van der Waals surface area (Å²) in [6.45, 7) is 3.33. The Labute approximate surface area is 86.8 Å². The molecule has 0 saturated carbocycles. The predicted octanol–water partition coefficient (Wildman–Crippen LogP) is 2.90. The van der Waals surface area contributed by atoms with Crippen LogP contribution in [0, 0.1) is 0 Å². The maximum Gasteiger partial charge on any atom is 0.169 e. The first kappa shape index (κ1) is 9.28. The van der Waals surface area contributed by atoms with Crippen LogP contribution in [0.4, 0.5) is 0 Å². The molecule has 0 aliphatic carbocycles. The average Bonchev–Trinajstić information content (AvgIpc) is 2.52. The highest BCUT2D eigenvalue weighted by molar-refractivity contribution is 9.10. The molecule has 1 aromatic rings. The quantitative estimate of drug-likeness (QED) is 0.821. The molecule has 0 bridgehead atoms. The van der Waals surface area contributed by atoms with Gasteiger partial charge in [-0.1, -0.05) is 0 Å². The molecule has 2 rings (SSSR count). The maximum atomic E-state index is 5.56. The SMILES string of the molecule is CC1CC(c2ccc(Br)o2)CCN1. The first-order valence-electron chi connectivity index (χ1n) is 4.74. The molecule has 1 aliphatic rings. The van der Waals surface area contributed by atoms with Crippen molar-refractivity contribution in [1.82, 2.24) is 5.32 Å². The average molecular weight is 244 g/mol. The molecule has 0 amide bonds. The van der Waals surface area contributed by atoms with E-state index in [2.05, 4.69) is 34.2 Å². The summed E-state index contributed by atoms with van der Waals surface area (Å²) in [6.07, 6.45) is 2.37. The van der Waals surface area contributed by atoms with Gasteiger partial charge in [0.2, 0.25) is 0 Å². The number of halogens is 1. The minimum atomic E-state index is 0.600. The summed E-state index contributed by atoms with van der Waals surface area (Å²) in [5.74, 6) is 1.72. The second-order valence-electron chi connectivity index (χ2n) is 3.72. The Morgan fingerprint density at radius 2 is 2.38 bits per heavy atom. The molecule has 13 heavy (non-hydrogen) atoms. The van der Waals surface area contributed by atoms with E-state index in [1.807, 2.05) is 6.07 Å². The fourth-order valence-electron chi connectivity index (χ4n) is 1.94. The van der Waals surface area contributed by atoms with Crippen molar-refractivity contribution < 1.29 is 4.42 Å². The second-order valence-corrected chi connectivity index (χ2v) is 4.50. The van der Waals surface area contributed by atoms with Gasteiger partial charge in [-0.25, -0.2) is 0 Å². The molecule has 72 valence electrons. The third kappa shape index (κ3) is 2.15. The topological polar surface area (TPSA) is 25.2 Å². The predicted molar refractivity (Wildman–Crippen MR) is 55.8 cm³/mol. The standard InChI is InChI=1S/C10H14BrNO/c1-7-6-8(4-5-12-7)9-2-3-10(11)13-9/h2-3,7-8,12H,4-6H2,1H3. The molecule has 1 fully saturated rings. The van der Waals surface area contributed by atoms with Gasteiger partial charge in [0.1, 0.15) is 5.76 Å². The van der Waals surface area contributed by atoms with E-state index in [9.17, 15) is 0 Å². The van der Waals surface area contributed by atoms with Gasteiger partial charge in [0.05, 0.1) is 0 Å². The lowest BCUT2D eigenvalue weighted by Gasteiger charge is -2.26. The van der Waals surface area contributed by atoms with Crippen LogP contribution in [0.25, 0.3) is 0 Å². The van der Waals surface area contributed by atoms with Gasteiger partial charge in [-0.05, 0) is 54.4 Å². The van der Waals surface area contributed by atoms with Crippen LogP contribution in [0.1, 0.15) is 31.4 Å². The summed E-state index contributed by atoms with van der Waals surface area (Å²) in [4.78, 5) is 0. The van der Waals surface area contributed by atoms with E-state index >= 15 is 0 Å². The number of hydrogen-bond donors (Lipinski definition) is 1. The van der Waals surface area contributed by atoms with Gasteiger partial charge in [0.15, 0.2) is 4.67 Å². The summed E-state index contributed by atoms with van der Waals surface area (Å²) in [5.41, 5.74) is 0. The molecule has 1 saturated heterocycles. The van der Waals surface area contributed by atoms with Gasteiger partial charge >= 0.3 is 0 Å². The molecule has 1 aliphatic heterocycles. The second kappa shape index (κ2) is 3.84. The summed E-state index contributed by atoms with van der Waals surface area (Å²) in [6, 6.07) is 4.66. The van der Waals surface area contributed by atoms with Gasteiger partial charge in [-0.15, -0.1) is 0 Å². The van der Waals surface area contributed by atoms with Crippen LogP contribution in [-0.2, 0) is 0 Å². The Bertz CT molecular complexity index is 284. The van der Waals surface area contributed by atoms with E-state index in [4.69, 9.17) is 4.42 Å². The number of nitrogens with one attached hydrogen (secondary N) is 1. The van der Waals surface area contributed by atoms with E-state index < -0.39 is 0 Å². The molecule has 2 heterocycles. The Morgan fingerprint density at radius 1 is 1.54 bits per heavy atom. The normalized spacial score (nSPS) is 29.1. The molecule has 2 atom stereocenters. The lowest BCUT2D eigenvalue weighted by atomic mass is 9.91. The lowest BCUT2D eigenvalue weighted by molar-refractivity contribution is 0.334. The lowest BCUT2D eigenvalue weighted by Crippen LogP contribution is -2.34. The third-order valence-corrected chi connectivity index (χ3v) is 3.05. The fraction of sp³-hybridized carbons (Fsp3) is 0.600. The van der Waals surface area contributed by atoms with Crippen molar-refractivity contribution in [2.75, 3.05) is 6.54 Å². The number of piperidine rings is 1. The minimum Gasteiger partial charge on any atom is -0.454 e. The molecular weight excluding hydrogens is 230 g/mol. The van der Waals surface area contributed by atoms with E-state index in [-0.39, 0.29) is 0 Å². The molecule has 1 aromatic heterocycles. The molecule has 0 spiro atoms. The molecule has 1 N–H and O–H groups in total.